The number of carbonyl (C=O) groups is 2. The molecule has 2 unspecified atom stereocenters. The molecule has 2 aromatic rings. The average molecular weight is 437 g/mol. The van der Waals surface area contributed by atoms with Crippen LogP contribution in [0.1, 0.15) is 18.7 Å². The quantitative estimate of drug-likeness (QED) is 0.666. The predicted molar refractivity (Wildman–Crippen MR) is 112 cm³/mol. The van der Waals surface area contributed by atoms with Crippen molar-refractivity contribution in [3.63, 3.8) is 0 Å². The predicted octanol–water partition coefficient (Wildman–Crippen LogP) is 4.45. The van der Waals surface area contributed by atoms with E-state index >= 15 is 0 Å². The van der Waals surface area contributed by atoms with E-state index < -0.39 is 5.91 Å². The molecule has 4 rings (SSSR count). The van der Waals surface area contributed by atoms with Crippen molar-refractivity contribution < 1.29 is 14.3 Å². The first-order valence-electron chi connectivity index (χ1n) is 8.89. The highest BCUT2D eigenvalue weighted by Gasteiger charge is 2.44. The summed E-state index contributed by atoms with van der Waals surface area (Å²) in [7, 11) is 0. The monoisotopic (exact) mass is 436 g/mol. The van der Waals surface area contributed by atoms with E-state index in [-0.39, 0.29) is 23.1 Å². The Morgan fingerprint density at radius 3 is 2.39 bits per heavy atom. The van der Waals surface area contributed by atoms with Crippen molar-refractivity contribution in [1.82, 2.24) is 4.90 Å². The van der Waals surface area contributed by atoms with Gasteiger partial charge in [0.25, 0.3) is 11.8 Å². The first-order chi connectivity index (χ1) is 13.4. The molecule has 3 heterocycles. The summed E-state index contributed by atoms with van der Waals surface area (Å²) >= 11 is 13.9. The highest BCUT2D eigenvalue weighted by molar-refractivity contribution is 7.11. The third-order valence-corrected chi connectivity index (χ3v) is 6.43. The van der Waals surface area contributed by atoms with Crippen LogP contribution in [0.25, 0.3) is 5.57 Å². The number of imide groups is 1. The molecule has 0 N–H and O–H groups in total. The Balaban J connectivity index is 1.84. The number of benzene rings is 1. The zero-order chi connectivity index (χ0) is 20.0. The lowest BCUT2D eigenvalue weighted by atomic mass is 10.1. The number of halogens is 2. The molecule has 146 valence electrons. The first-order valence-corrected chi connectivity index (χ1v) is 10.5. The molecule has 1 fully saturated rings. The van der Waals surface area contributed by atoms with Crippen molar-refractivity contribution in [1.29, 1.82) is 0 Å². The Labute approximate surface area is 177 Å². The van der Waals surface area contributed by atoms with Crippen LogP contribution in [0.2, 0.25) is 10.0 Å². The number of anilines is 1. The van der Waals surface area contributed by atoms with Gasteiger partial charge in [0.15, 0.2) is 0 Å². The molecule has 0 aliphatic carbocycles. The van der Waals surface area contributed by atoms with Gasteiger partial charge in [0, 0.05) is 18.0 Å². The second kappa shape index (κ2) is 7.52. The maximum atomic E-state index is 13.5. The summed E-state index contributed by atoms with van der Waals surface area (Å²) < 4.78 is 5.80. The fourth-order valence-corrected chi connectivity index (χ4v) is 4.84. The summed E-state index contributed by atoms with van der Waals surface area (Å²) in [6, 6.07) is 8.64. The normalized spacial score (nSPS) is 23.1. The minimum Gasteiger partial charge on any atom is -0.372 e. The minimum absolute atomic E-state index is 0.0486. The Kier molecular flexibility index (Phi) is 5.22. The smallest absolute Gasteiger partial charge is 0.282 e. The summed E-state index contributed by atoms with van der Waals surface area (Å²) in [5.41, 5.74) is 1.09. The maximum absolute atomic E-state index is 13.5. The number of amides is 2. The van der Waals surface area contributed by atoms with E-state index in [1.165, 1.54) is 11.3 Å². The molecule has 2 amide bonds. The van der Waals surface area contributed by atoms with E-state index in [4.69, 9.17) is 27.9 Å². The number of hydrogen-bond donors (Lipinski definition) is 0. The zero-order valence-corrected chi connectivity index (χ0v) is 17.6. The zero-order valence-electron chi connectivity index (χ0n) is 15.3. The summed E-state index contributed by atoms with van der Waals surface area (Å²) in [6.45, 7) is 4.98. The van der Waals surface area contributed by atoms with Gasteiger partial charge in [-0.2, -0.15) is 0 Å². The Morgan fingerprint density at radius 2 is 1.75 bits per heavy atom. The largest absolute Gasteiger partial charge is 0.372 e. The van der Waals surface area contributed by atoms with Gasteiger partial charge in [-0.15, -0.1) is 11.3 Å². The number of ether oxygens (including phenoxy) is 1. The maximum Gasteiger partial charge on any atom is 0.282 e. The van der Waals surface area contributed by atoms with E-state index in [2.05, 4.69) is 0 Å². The second-order valence-electron chi connectivity index (χ2n) is 6.88. The van der Waals surface area contributed by atoms with Crippen LogP contribution in [-0.2, 0) is 14.3 Å². The molecule has 2 aliphatic rings. The van der Waals surface area contributed by atoms with Crippen LogP contribution < -0.4 is 4.90 Å². The molecule has 0 spiro atoms. The number of morpholine rings is 1. The molecule has 1 aromatic heterocycles. The highest BCUT2D eigenvalue weighted by atomic mass is 35.5. The molecule has 5 nitrogen and oxygen atoms in total. The molecular formula is C20H18Cl2N2O3S. The first kappa shape index (κ1) is 19.5. The lowest BCUT2D eigenvalue weighted by Crippen LogP contribution is -2.47. The van der Waals surface area contributed by atoms with Crippen LogP contribution in [0.4, 0.5) is 5.69 Å². The van der Waals surface area contributed by atoms with Crippen LogP contribution in [0, 0.1) is 0 Å². The van der Waals surface area contributed by atoms with Crippen molar-refractivity contribution in [2.75, 3.05) is 18.0 Å². The molecule has 1 saturated heterocycles. The van der Waals surface area contributed by atoms with Gasteiger partial charge in [0.2, 0.25) is 0 Å². The summed E-state index contributed by atoms with van der Waals surface area (Å²) in [5.74, 6) is -0.780. The summed E-state index contributed by atoms with van der Waals surface area (Å²) in [4.78, 5) is 30.7. The standard InChI is InChI=1S/C20H18Cl2N2O3S/c1-11-9-23(10-12(2)27-11)18-16(15-7-4-8-28-15)19(25)24(20(18)26)14-6-3-5-13(21)17(14)22/h3-8,11-12H,9-10H2,1-2H3. The summed E-state index contributed by atoms with van der Waals surface area (Å²) in [5, 5.41) is 2.36. The van der Waals surface area contributed by atoms with E-state index in [1.54, 1.807) is 18.2 Å². The topological polar surface area (TPSA) is 49.9 Å². The van der Waals surface area contributed by atoms with E-state index in [1.807, 2.05) is 36.3 Å². The molecular weight excluding hydrogens is 419 g/mol. The van der Waals surface area contributed by atoms with Crippen molar-refractivity contribution in [3.8, 4) is 0 Å². The number of hydrogen-bond acceptors (Lipinski definition) is 5. The van der Waals surface area contributed by atoms with E-state index in [0.29, 0.717) is 35.1 Å². The molecule has 2 atom stereocenters. The lowest BCUT2D eigenvalue weighted by Gasteiger charge is -2.37. The van der Waals surface area contributed by atoms with Gasteiger partial charge in [-0.05, 0) is 37.4 Å². The fourth-order valence-electron chi connectivity index (χ4n) is 3.70. The summed E-state index contributed by atoms with van der Waals surface area (Å²) in [6.07, 6.45) is -0.0971. The highest BCUT2D eigenvalue weighted by Crippen LogP contribution is 2.41. The van der Waals surface area contributed by atoms with Gasteiger partial charge in [-0.1, -0.05) is 35.3 Å². The Bertz CT molecular complexity index is 964. The fraction of sp³-hybridized carbons (Fsp3) is 0.300. The van der Waals surface area contributed by atoms with Gasteiger partial charge >= 0.3 is 0 Å². The number of nitrogens with zero attached hydrogens (tertiary/aromatic N) is 2. The van der Waals surface area contributed by atoms with Crippen LogP contribution in [0.3, 0.4) is 0 Å². The van der Waals surface area contributed by atoms with Gasteiger partial charge in [0.1, 0.15) is 5.70 Å². The van der Waals surface area contributed by atoms with Crippen molar-refractivity contribution >= 4 is 57.6 Å². The Hall–Kier alpha value is -1.86. The molecule has 28 heavy (non-hydrogen) atoms. The minimum atomic E-state index is -0.390. The van der Waals surface area contributed by atoms with E-state index in [0.717, 1.165) is 9.78 Å². The number of thiophene rings is 1. The molecule has 2 aliphatic heterocycles. The average Bonchev–Trinajstić information content (AvgIpc) is 3.23. The Morgan fingerprint density at radius 1 is 1.04 bits per heavy atom. The van der Waals surface area contributed by atoms with Gasteiger partial charge in [0.05, 0.1) is 33.5 Å². The third kappa shape index (κ3) is 3.24. The molecule has 8 heteroatoms. The van der Waals surface area contributed by atoms with Crippen LogP contribution in [0.15, 0.2) is 41.4 Å². The SMILES string of the molecule is CC1CN(C2=C(c3cccs3)C(=O)N(c3cccc(Cl)c3Cl)C2=O)CC(C)O1. The second-order valence-corrected chi connectivity index (χ2v) is 8.61. The van der Waals surface area contributed by atoms with Crippen LogP contribution in [-0.4, -0.2) is 42.0 Å². The van der Waals surface area contributed by atoms with Crippen molar-refractivity contribution in [2.24, 2.45) is 0 Å². The number of rotatable bonds is 3. The lowest BCUT2D eigenvalue weighted by molar-refractivity contribution is -0.121. The molecule has 1 aromatic carbocycles. The third-order valence-electron chi connectivity index (χ3n) is 4.73. The van der Waals surface area contributed by atoms with Crippen molar-refractivity contribution in [2.45, 2.75) is 26.1 Å². The van der Waals surface area contributed by atoms with Crippen molar-refractivity contribution in [3.05, 3.63) is 56.3 Å². The van der Waals surface area contributed by atoms with Crippen LogP contribution >= 0.6 is 34.5 Å². The van der Waals surface area contributed by atoms with E-state index in [9.17, 15) is 9.59 Å². The van der Waals surface area contributed by atoms with Gasteiger partial charge in [-0.3, -0.25) is 9.59 Å². The van der Waals surface area contributed by atoms with Gasteiger partial charge in [-0.25, -0.2) is 4.90 Å². The molecule has 0 saturated carbocycles. The van der Waals surface area contributed by atoms with Gasteiger partial charge < -0.3 is 9.64 Å². The molecule has 0 radical (unpaired) electrons. The number of carbonyl (C=O) groups excluding carboxylic acids is 2. The molecule has 0 bridgehead atoms. The van der Waals surface area contributed by atoms with Crippen LogP contribution in [0.5, 0.6) is 0 Å².